The Kier molecular flexibility index (Phi) is 18.7. The second kappa shape index (κ2) is 27.0. The van der Waals surface area contributed by atoms with E-state index in [-0.39, 0.29) is 160 Å². The first-order valence-corrected chi connectivity index (χ1v) is 35.3. The number of imide groups is 2. The molecule has 4 aliphatic heterocycles. The minimum Gasteiger partial charge on any atom is -0.464 e. The lowest BCUT2D eigenvalue weighted by atomic mass is 9.80. The number of benzene rings is 9. The van der Waals surface area contributed by atoms with Gasteiger partial charge in [0, 0.05) is 56.2 Å². The Bertz CT molecular complexity index is 4530. The summed E-state index contributed by atoms with van der Waals surface area (Å²) in [6.45, 7) is 32.1. The lowest BCUT2D eigenvalue weighted by Crippen LogP contribution is -2.44. The van der Waals surface area contributed by atoms with E-state index in [0.717, 1.165) is 54.3 Å². The summed E-state index contributed by atoms with van der Waals surface area (Å²) in [5, 5.41) is 7.33. The van der Waals surface area contributed by atoms with Crippen molar-refractivity contribution in [2.24, 2.45) is 0 Å². The highest BCUT2D eigenvalue weighted by Crippen LogP contribution is 2.58. The van der Waals surface area contributed by atoms with E-state index >= 15 is 19.2 Å². The van der Waals surface area contributed by atoms with Crippen molar-refractivity contribution in [3.63, 3.8) is 0 Å². The van der Waals surface area contributed by atoms with E-state index in [0.29, 0.717) is 49.3 Å². The molecule has 0 aromatic heterocycles. The Labute approximate surface area is 604 Å². The summed E-state index contributed by atoms with van der Waals surface area (Å²) in [5.41, 5.74) is 5.57. The van der Waals surface area contributed by atoms with Crippen LogP contribution in [0.3, 0.4) is 0 Å². The summed E-state index contributed by atoms with van der Waals surface area (Å²) in [6.07, 6.45) is -0.517. The summed E-state index contributed by atoms with van der Waals surface area (Å²) in [5.74, 6) is -4.42. The van der Waals surface area contributed by atoms with Gasteiger partial charge in [0.15, 0.2) is 0 Å². The highest BCUT2D eigenvalue weighted by atomic mass is 16.6. The van der Waals surface area contributed by atoms with Crippen LogP contribution in [0, 0.1) is 27.7 Å². The maximum Gasteiger partial charge on any atom is 0.326 e. The van der Waals surface area contributed by atoms with Crippen molar-refractivity contribution >= 4 is 90.5 Å². The van der Waals surface area contributed by atoms with Gasteiger partial charge in [-0.1, -0.05) is 132 Å². The second-order valence-corrected chi connectivity index (χ2v) is 31.9. The van der Waals surface area contributed by atoms with E-state index in [1.165, 1.54) is 0 Å². The number of carbonyl (C=O) groups is 8. The lowest BCUT2D eigenvalue weighted by Gasteiger charge is -2.32. The van der Waals surface area contributed by atoms with Gasteiger partial charge >= 0.3 is 11.9 Å². The van der Waals surface area contributed by atoms with E-state index in [1.807, 2.05) is 100 Å². The molecule has 0 bridgehead atoms. The smallest absolute Gasteiger partial charge is 0.326 e. The molecule has 0 aliphatic carbocycles. The summed E-state index contributed by atoms with van der Waals surface area (Å²) in [6, 6.07) is 29.5. The average Bonchev–Trinajstić information content (AvgIpc) is 1.03. The zero-order chi connectivity index (χ0) is 74.5. The minimum absolute atomic E-state index is 0.0483. The van der Waals surface area contributed by atoms with Gasteiger partial charge in [-0.25, -0.2) is 0 Å². The summed E-state index contributed by atoms with van der Waals surface area (Å²) < 4.78 is 51.1. The number of esters is 2. The second-order valence-electron chi connectivity index (χ2n) is 31.9. The molecule has 2 fully saturated rings. The predicted molar refractivity (Wildman–Crippen MR) is 395 cm³/mol. The van der Waals surface area contributed by atoms with E-state index < -0.39 is 48.7 Å². The predicted octanol–water partition coefficient (Wildman–Crippen LogP) is 15.4. The van der Waals surface area contributed by atoms with Crippen LogP contribution in [0.15, 0.2) is 97.1 Å². The van der Waals surface area contributed by atoms with Crippen molar-refractivity contribution in [3.8, 4) is 46.0 Å². The number of rotatable bonds is 22. The van der Waals surface area contributed by atoms with Gasteiger partial charge in [0.1, 0.15) is 72.3 Å². The molecule has 2 atom stereocenters. The van der Waals surface area contributed by atoms with Crippen LogP contribution >= 0.6 is 0 Å². The molecule has 104 heavy (non-hydrogen) atoms. The number of fused-ring (bicyclic) bond motifs is 2. The van der Waals surface area contributed by atoms with Gasteiger partial charge in [-0.3, -0.25) is 48.2 Å². The first kappa shape index (κ1) is 71.9. The first-order valence-electron chi connectivity index (χ1n) is 35.3. The van der Waals surface area contributed by atoms with Gasteiger partial charge in [-0.15, -0.1) is 0 Å². The van der Waals surface area contributed by atoms with Crippen LogP contribution in [0.5, 0.6) is 46.0 Å². The number of nitrogens with zero attached hydrogens (tertiary/aromatic N) is 2. The zero-order valence-corrected chi connectivity index (χ0v) is 61.9. The van der Waals surface area contributed by atoms with Gasteiger partial charge in [-0.2, -0.15) is 0 Å². The van der Waals surface area contributed by atoms with Crippen LogP contribution in [0.1, 0.15) is 182 Å². The van der Waals surface area contributed by atoms with Crippen LogP contribution in [-0.4, -0.2) is 122 Å². The molecule has 9 aromatic rings. The molecule has 2 unspecified atom stereocenters. The first-order chi connectivity index (χ1) is 49.0. The Morgan fingerprint density at radius 1 is 0.375 bits per heavy atom. The summed E-state index contributed by atoms with van der Waals surface area (Å²) in [4.78, 5) is 119. The highest BCUT2D eigenvalue weighted by molar-refractivity contribution is 6.45. The van der Waals surface area contributed by atoms with Crippen molar-refractivity contribution in [1.29, 1.82) is 0 Å². The van der Waals surface area contributed by atoms with Crippen LogP contribution in [-0.2, 0) is 59.8 Å². The molecule has 0 saturated carbocycles. The minimum atomic E-state index is -0.954. The highest BCUT2D eigenvalue weighted by Gasteiger charge is 2.43. The largest absolute Gasteiger partial charge is 0.464 e. The molecule has 20 heteroatoms. The van der Waals surface area contributed by atoms with E-state index in [2.05, 4.69) is 93.7 Å². The third kappa shape index (κ3) is 14.2. The number of nitrogens with one attached hydrogen (secondary N) is 2. The Morgan fingerprint density at radius 2 is 0.625 bits per heavy atom. The maximum absolute atomic E-state index is 15.9. The molecule has 0 spiro atoms. The fourth-order valence-electron chi connectivity index (χ4n) is 13.5. The molecule has 4 aliphatic rings. The van der Waals surface area contributed by atoms with Crippen molar-refractivity contribution in [2.75, 3.05) is 52.6 Å². The molecule has 13 rings (SSSR count). The third-order valence-corrected chi connectivity index (χ3v) is 19.7. The molecular formula is C84H88N4O16. The molecule has 9 aromatic carbocycles. The van der Waals surface area contributed by atoms with Crippen LogP contribution in [0.4, 0.5) is 0 Å². The van der Waals surface area contributed by atoms with Crippen LogP contribution in [0.2, 0.25) is 0 Å². The Morgan fingerprint density at radius 3 is 0.846 bits per heavy atom. The molecule has 4 heterocycles. The van der Waals surface area contributed by atoms with Gasteiger partial charge in [0.2, 0.25) is 11.8 Å². The number of ether oxygens (including phenoxy) is 8. The zero-order valence-electron chi connectivity index (χ0n) is 61.9. The van der Waals surface area contributed by atoms with Gasteiger partial charge in [0.25, 0.3) is 23.6 Å². The van der Waals surface area contributed by atoms with E-state index in [9.17, 15) is 19.2 Å². The number of epoxide rings is 2. The normalized spacial score (nSPS) is 15.8. The SMILES string of the molecule is Cc1cc(C(C)(C)C)ccc1Oc1cc2c3c(cc(Oc4ccc(C(C)(C)C)cc4C)c4c5c(Oc6ccc(C(C)(C)C)cc6C)cc6c7c(cc(Oc8ccc(C(C)(C)C)cc8C)c(c1c34)c75)C(=O)N(CC(=O)OCCC(=O)NCC1CO1)C6=O)C(=O)N(CC(=O)OCCC(=O)NCC1CO1)C2=O. The molecular weight excluding hydrogens is 1320 g/mol. The number of aryl methyl sites for hydroxylation is 4. The third-order valence-electron chi connectivity index (χ3n) is 19.7. The topological polar surface area (TPSA) is 248 Å². The number of hydrogen-bond donors (Lipinski definition) is 2. The summed E-state index contributed by atoms with van der Waals surface area (Å²) in [7, 11) is 0. The van der Waals surface area contributed by atoms with Gasteiger partial charge < -0.3 is 48.5 Å². The quantitative estimate of drug-likeness (QED) is 0.0210. The lowest BCUT2D eigenvalue weighted by molar-refractivity contribution is -0.145. The van der Waals surface area contributed by atoms with Crippen LogP contribution < -0.4 is 29.6 Å². The average molecular weight is 1410 g/mol. The standard InChI is InChI=1S/C84H88N4O16/c1-43-29-47(81(5,6)7)17-21-57(43)101-61-33-53-69-54(78(94)87(77(53)93)39-67(91)97-27-25-65(89)85-37-51-41-99-51)35-63(103-59-23-19-49(31-45(59)3)83(11,12)13)73-74-64(104-60-24-20-50(32-46(60)4)84(14,15)16)36-56-70-55(79(95)88(80(56)96)40-68(92)98-28-26-66(90)86-38-52-42-100-52)34-62(72(76(70)74)71(61)75(69)73)102-58-22-18-48(30-44(58)2)82(8,9)10/h17-24,29-36,51-52H,25-28,37-42H2,1-16H3,(H,85,89)(H,86,90). The van der Waals surface area contributed by atoms with Crippen molar-refractivity contribution in [1.82, 2.24) is 20.4 Å². The molecule has 2 saturated heterocycles. The molecule has 2 N–H and O–H groups in total. The van der Waals surface area contributed by atoms with E-state index in [4.69, 9.17) is 37.9 Å². The summed E-state index contributed by atoms with van der Waals surface area (Å²) >= 11 is 0. The Hall–Kier alpha value is -10.4. The Balaban J connectivity index is 1.13. The molecule has 20 nitrogen and oxygen atoms in total. The monoisotopic (exact) mass is 1410 g/mol. The fourth-order valence-corrected chi connectivity index (χ4v) is 13.5. The molecule has 0 radical (unpaired) electrons. The van der Waals surface area contributed by atoms with Gasteiger partial charge in [0.05, 0.1) is 60.5 Å². The van der Waals surface area contributed by atoms with Gasteiger partial charge in [-0.05, 0) is 142 Å². The number of carbonyl (C=O) groups excluding carboxylic acids is 8. The van der Waals surface area contributed by atoms with Crippen molar-refractivity contribution in [3.05, 3.63) is 164 Å². The van der Waals surface area contributed by atoms with Crippen molar-refractivity contribution < 1.29 is 76.3 Å². The van der Waals surface area contributed by atoms with Crippen molar-refractivity contribution in [2.45, 2.75) is 157 Å². The van der Waals surface area contributed by atoms with Crippen LogP contribution in [0.25, 0.3) is 43.1 Å². The maximum atomic E-state index is 15.9. The molecule has 6 amide bonds. The molecule has 540 valence electrons. The number of hydrogen-bond acceptors (Lipinski definition) is 16. The fraction of sp³-hybridized carbons (Fsp3) is 0.381. The van der Waals surface area contributed by atoms with E-state index in [1.54, 1.807) is 24.3 Å². The number of amides is 6.